The lowest BCUT2D eigenvalue weighted by atomic mass is 10.0. The molecule has 1 amide bonds. The van der Waals surface area contributed by atoms with Gasteiger partial charge in [0, 0.05) is 13.1 Å². The molecule has 112 valence electrons. The summed E-state index contributed by atoms with van der Waals surface area (Å²) in [7, 11) is 0. The highest BCUT2D eigenvalue weighted by molar-refractivity contribution is 5.78. The molecule has 1 aromatic carbocycles. The van der Waals surface area contributed by atoms with Gasteiger partial charge in [-0.15, -0.1) is 0 Å². The third-order valence-corrected chi connectivity index (χ3v) is 4.08. The van der Waals surface area contributed by atoms with Gasteiger partial charge in [-0.1, -0.05) is 13.0 Å². The molecule has 3 rings (SSSR count). The van der Waals surface area contributed by atoms with E-state index in [1.165, 1.54) is 12.8 Å². The molecule has 2 aromatic rings. The first-order valence-corrected chi connectivity index (χ1v) is 7.62. The number of carbonyl (C=O) groups excluding carboxylic acids is 1. The maximum absolute atomic E-state index is 12.0. The summed E-state index contributed by atoms with van der Waals surface area (Å²) < 4.78 is 0. The van der Waals surface area contributed by atoms with Crippen molar-refractivity contribution in [2.75, 3.05) is 19.6 Å². The molecule has 1 atom stereocenters. The molecule has 1 saturated heterocycles. The first-order chi connectivity index (χ1) is 10.2. The number of rotatable bonds is 4. The molecule has 21 heavy (non-hydrogen) atoms. The Bertz CT molecular complexity index is 622. The van der Waals surface area contributed by atoms with Crippen LogP contribution in [0.3, 0.4) is 0 Å². The minimum Gasteiger partial charge on any atom is -0.351 e. The maximum Gasteiger partial charge on any atom is 0.234 e. The van der Waals surface area contributed by atoms with E-state index in [1.54, 1.807) is 6.33 Å². The second kappa shape index (κ2) is 6.26. The molecule has 1 fully saturated rings. The quantitative estimate of drug-likeness (QED) is 0.902. The van der Waals surface area contributed by atoms with Gasteiger partial charge in [-0.25, -0.2) is 4.98 Å². The first-order valence-electron chi connectivity index (χ1n) is 7.62. The van der Waals surface area contributed by atoms with Crippen molar-refractivity contribution in [2.45, 2.75) is 26.3 Å². The first kappa shape index (κ1) is 14.1. The van der Waals surface area contributed by atoms with Gasteiger partial charge in [0.1, 0.15) is 0 Å². The summed E-state index contributed by atoms with van der Waals surface area (Å²) in [4.78, 5) is 21.6. The van der Waals surface area contributed by atoms with E-state index >= 15 is 0 Å². The Labute approximate surface area is 124 Å². The molecule has 0 radical (unpaired) electrons. The van der Waals surface area contributed by atoms with Crippen LogP contribution in [0.1, 0.15) is 25.3 Å². The van der Waals surface area contributed by atoms with Crippen molar-refractivity contribution in [3.05, 3.63) is 30.1 Å². The number of aromatic amines is 1. The van der Waals surface area contributed by atoms with Crippen molar-refractivity contribution in [3.63, 3.8) is 0 Å². The Morgan fingerprint density at radius 1 is 1.52 bits per heavy atom. The number of amides is 1. The number of likely N-dealkylation sites (tertiary alicyclic amines) is 1. The van der Waals surface area contributed by atoms with Crippen molar-refractivity contribution in [3.8, 4) is 0 Å². The molecule has 5 nitrogen and oxygen atoms in total. The molecule has 0 aliphatic carbocycles. The Kier molecular flexibility index (Phi) is 4.20. The number of H-pyrrole nitrogens is 1. The highest BCUT2D eigenvalue weighted by Crippen LogP contribution is 2.15. The number of benzene rings is 1. The molecule has 0 spiro atoms. The van der Waals surface area contributed by atoms with E-state index in [9.17, 15) is 4.79 Å². The van der Waals surface area contributed by atoms with E-state index in [1.807, 2.05) is 18.2 Å². The van der Waals surface area contributed by atoms with Crippen LogP contribution in [0.25, 0.3) is 11.0 Å². The summed E-state index contributed by atoms with van der Waals surface area (Å²) >= 11 is 0. The Balaban J connectivity index is 1.50. The fourth-order valence-electron chi connectivity index (χ4n) is 2.98. The van der Waals surface area contributed by atoms with E-state index in [2.05, 4.69) is 27.1 Å². The molecule has 1 aliphatic rings. The molecule has 0 unspecified atom stereocenters. The van der Waals surface area contributed by atoms with Crippen LogP contribution in [0.5, 0.6) is 0 Å². The van der Waals surface area contributed by atoms with Gasteiger partial charge in [0.25, 0.3) is 0 Å². The molecule has 2 heterocycles. The number of hydrogen-bond acceptors (Lipinski definition) is 3. The fraction of sp³-hybridized carbons (Fsp3) is 0.500. The number of imidazole rings is 1. The van der Waals surface area contributed by atoms with Crippen LogP contribution < -0.4 is 5.32 Å². The van der Waals surface area contributed by atoms with Gasteiger partial charge in [0.05, 0.1) is 23.9 Å². The van der Waals surface area contributed by atoms with Crippen LogP contribution in [0.4, 0.5) is 0 Å². The van der Waals surface area contributed by atoms with Crippen LogP contribution in [0.2, 0.25) is 0 Å². The predicted molar refractivity (Wildman–Crippen MR) is 82.8 cm³/mol. The van der Waals surface area contributed by atoms with Crippen molar-refractivity contribution in [2.24, 2.45) is 5.92 Å². The van der Waals surface area contributed by atoms with E-state index in [4.69, 9.17) is 0 Å². The summed E-state index contributed by atoms with van der Waals surface area (Å²) in [5.41, 5.74) is 3.05. The Hall–Kier alpha value is -1.88. The molecule has 0 saturated carbocycles. The third-order valence-electron chi connectivity index (χ3n) is 4.08. The highest BCUT2D eigenvalue weighted by atomic mass is 16.2. The lowest BCUT2D eigenvalue weighted by molar-refractivity contribution is -0.122. The van der Waals surface area contributed by atoms with Crippen LogP contribution in [-0.2, 0) is 11.3 Å². The topological polar surface area (TPSA) is 61.0 Å². The summed E-state index contributed by atoms with van der Waals surface area (Å²) in [6, 6.07) is 6.01. The van der Waals surface area contributed by atoms with E-state index in [0.717, 1.165) is 29.7 Å². The monoisotopic (exact) mass is 286 g/mol. The number of hydrogen-bond donors (Lipinski definition) is 2. The van der Waals surface area contributed by atoms with Gasteiger partial charge < -0.3 is 10.3 Å². The van der Waals surface area contributed by atoms with E-state index in [-0.39, 0.29) is 5.91 Å². The Morgan fingerprint density at radius 2 is 2.43 bits per heavy atom. The van der Waals surface area contributed by atoms with Gasteiger partial charge in [-0.3, -0.25) is 9.69 Å². The van der Waals surface area contributed by atoms with Crippen LogP contribution in [-0.4, -0.2) is 40.4 Å². The summed E-state index contributed by atoms with van der Waals surface area (Å²) in [5.74, 6) is 0.808. The molecule has 2 N–H and O–H groups in total. The smallest absolute Gasteiger partial charge is 0.234 e. The second-order valence-corrected chi connectivity index (χ2v) is 6.01. The number of nitrogens with zero attached hydrogens (tertiary/aromatic N) is 2. The SMILES string of the molecule is C[C@H]1CCCN(CC(=O)NCc2ccc3nc[nH]c3c2)C1. The minimum atomic E-state index is 0.105. The number of fused-ring (bicyclic) bond motifs is 1. The molecular formula is C16H22N4O. The number of carbonyl (C=O) groups is 1. The summed E-state index contributed by atoms with van der Waals surface area (Å²) in [6.07, 6.45) is 4.16. The van der Waals surface area contributed by atoms with Gasteiger partial charge in [-0.05, 0) is 43.0 Å². The van der Waals surface area contributed by atoms with Gasteiger partial charge in [0.2, 0.25) is 5.91 Å². The lowest BCUT2D eigenvalue weighted by Gasteiger charge is -2.30. The summed E-state index contributed by atoms with van der Waals surface area (Å²) in [5, 5.41) is 3.00. The zero-order valence-corrected chi connectivity index (χ0v) is 12.4. The van der Waals surface area contributed by atoms with Crippen molar-refractivity contribution in [1.29, 1.82) is 0 Å². The zero-order chi connectivity index (χ0) is 14.7. The van der Waals surface area contributed by atoms with Crippen molar-refractivity contribution in [1.82, 2.24) is 20.2 Å². The normalized spacial score (nSPS) is 19.8. The average Bonchev–Trinajstić information content (AvgIpc) is 2.92. The predicted octanol–water partition coefficient (Wildman–Crippen LogP) is 1.91. The average molecular weight is 286 g/mol. The third kappa shape index (κ3) is 3.61. The summed E-state index contributed by atoms with van der Waals surface area (Å²) in [6.45, 7) is 5.41. The molecule has 5 heteroatoms. The van der Waals surface area contributed by atoms with Crippen LogP contribution in [0.15, 0.2) is 24.5 Å². The van der Waals surface area contributed by atoms with Gasteiger partial charge in [0.15, 0.2) is 0 Å². The largest absolute Gasteiger partial charge is 0.351 e. The van der Waals surface area contributed by atoms with Gasteiger partial charge in [-0.2, -0.15) is 0 Å². The van der Waals surface area contributed by atoms with E-state index in [0.29, 0.717) is 19.0 Å². The van der Waals surface area contributed by atoms with Crippen molar-refractivity contribution < 1.29 is 4.79 Å². The van der Waals surface area contributed by atoms with E-state index < -0.39 is 0 Å². The van der Waals surface area contributed by atoms with Crippen molar-refractivity contribution >= 4 is 16.9 Å². The molecule has 1 aliphatic heterocycles. The zero-order valence-electron chi connectivity index (χ0n) is 12.4. The standard InChI is InChI=1S/C16H22N4O/c1-12-3-2-6-20(9-12)10-16(21)17-8-13-4-5-14-15(7-13)19-11-18-14/h4-5,7,11-12H,2-3,6,8-10H2,1H3,(H,17,21)(H,18,19)/t12-/m0/s1. The number of nitrogens with one attached hydrogen (secondary N) is 2. The fourth-order valence-corrected chi connectivity index (χ4v) is 2.98. The molecule has 1 aromatic heterocycles. The van der Waals surface area contributed by atoms with Crippen LogP contribution in [0, 0.1) is 5.92 Å². The maximum atomic E-state index is 12.0. The molecule has 0 bridgehead atoms. The number of aromatic nitrogens is 2. The minimum absolute atomic E-state index is 0.105. The number of piperidine rings is 1. The lowest BCUT2D eigenvalue weighted by Crippen LogP contribution is -2.41. The Morgan fingerprint density at radius 3 is 3.29 bits per heavy atom. The highest BCUT2D eigenvalue weighted by Gasteiger charge is 2.18. The van der Waals surface area contributed by atoms with Crippen LogP contribution >= 0.6 is 0 Å². The second-order valence-electron chi connectivity index (χ2n) is 6.01. The van der Waals surface area contributed by atoms with Gasteiger partial charge >= 0.3 is 0 Å². The molecular weight excluding hydrogens is 264 g/mol.